The molecule has 0 bridgehead atoms. The van der Waals surface area contributed by atoms with Gasteiger partial charge in [0.05, 0.1) is 6.20 Å². The lowest BCUT2D eigenvalue weighted by Gasteiger charge is -2.21. The van der Waals surface area contributed by atoms with E-state index in [-0.39, 0.29) is 5.91 Å². The predicted octanol–water partition coefficient (Wildman–Crippen LogP) is 2.34. The first kappa shape index (κ1) is 18.1. The van der Waals surface area contributed by atoms with E-state index in [9.17, 15) is 4.79 Å². The highest BCUT2D eigenvalue weighted by molar-refractivity contribution is 6.30. The zero-order chi connectivity index (χ0) is 18.7. The highest BCUT2D eigenvalue weighted by Gasteiger charge is 2.25. The Balaban J connectivity index is 1.75. The minimum absolute atomic E-state index is 0.0728. The molecule has 26 heavy (non-hydrogen) atoms. The van der Waals surface area contributed by atoms with Crippen LogP contribution in [0.4, 0.5) is 0 Å². The second-order valence-electron chi connectivity index (χ2n) is 6.08. The highest BCUT2D eigenvalue weighted by Crippen LogP contribution is 2.19. The summed E-state index contributed by atoms with van der Waals surface area (Å²) in [5.74, 6) is 0.388. The van der Waals surface area contributed by atoms with Gasteiger partial charge in [-0.05, 0) is 35.9 Å². The van der Waals surface area contributed by atoms with Crippen LogP contribution in [0.2, 0.25) is 5.02 Å². The molecule has 0 saturated carbocycles. The van der Waals surface area contributed by atoms with E-state index in [2.05, 4.69) is 20.5 Å². The fraction of sp³-hybridized carbons (Fsp3) is 0.353. The largest absolute Gasteiger partial charge is 0.339 e. The summed E-state index contributed by atoms with van der Waals surface area (Å²) in [5, 5.41) is 17.3. The Morgan fingerprint density at radius 1 is 1.31 bits per heavy atom. The number of amides is 1. The Kier molecular flexibility index (Phi) is 5.32. The third kappa shape index (κ3) is 3.91. The average Bonchev–Trinajstić information content (AvgIpc) is 3.25. The minimum atomic E-state index is -0.509. The van der Waals surface area contributed by atoms with Crippen molar-refractivity contribution in [2.45, 2.75) is 25.9 Å². The number of tetrazole rings is 1. The molecule has 1 atom stereocenters. The topological polar surface area (TPSA) is 81.7 Å². The molecule has 8 nitrogen and oxygen atoms in total. The Morgan fingerprint density at radius 3 is 2.65 bits per heavy atom. The van der Waals surface area contributed by atoms with Crippen molar-refractivity contribution >= 4 is 17.5 Å². The van der Waals surface area contributed by atoms with Crippen LogP contribution in [-0.4, -0.2) is 47.8 Å². The van der Waals surface area contributed by atoms with Crippen LogP contribution in [0.25, 0.3) is 11.4 Å². The van der Waals surface area contributed by atoms with E-state index in [0.717, 1.165) is 11.1 Å². The van der Waals surface area contributed by atoms with Crippen molar-refractivity contribution in [3.63, 3.8) is 0 Å². The number of carbonyl (C=O) groups is 1. The Morgan fingerprint density at radius 2 is 2.04 bits per heavy atom. The molecule has 1 unspecified atom stereocenters. The normalized spacial score (nSPS) is 12.2. The van der Waals surface area contributed by atoms with Gasteiger partial charge in [-0.3, -0.25) is 9.48 Å². The lowest BCUT2D eigenvalue weighted by atomic mass is 10.2. The predicted molar refractivity (Wildman–Crippen MR) is 97.3 cm³/mol. The number of halogens is 1. The molecule has 0 aliphatic rings. The van der Waals surface area contributed by atoms with Crippen LogP contribution in [0, 0.1) is 0 Å². The van der Waals surface area contributed by atoms with Gasteiger partial charge < -0.3 is 4.90 Å². The molecule has 0 aliphatic heterocycles. The third-order valence-corrected chi connectivity index (χ3v) is 4.29. The van der Waals surface area contributed by atoms with Crippen LogP contribution in [0.1, 0.15) is 24.9 Å². The van der Waals surface area contributed by atoms with Crippen molar-refractivity contribution in [1.82, 2.24) is 34.9 Å². The van der Waals surface area contributed by atoms with Crippen LogP contribution in [0.15, 0.2) is 36.7 Å². The molecular weight excluding hydrogens is 354 g/mol. The molecule has 0 aliphatic carbocycles. The van der Waals surface area contributed by atoms with Gasteiger partial charge in [0.25, 0.3) is 0 Å². The molecule has 0 fully saturated rings. The van der Waals surface area contributed by atoms with Crippen LogP contribution < -0.4 is 0 Å². The van der Waals surface area contributed by atoms with Crippen LogP contribution in [-0.2, 0) is 18.4 Å². The number of likely N-dealkylation sites (N-methyl/N-ethyl adjacent to an activating group) is 1. The van der Waals surface area contributed by atoms with Crippen LogP contribution in [0.5, 0.6) is 0 Å². The van der Waals surface area contributed by atoms with Gasteiger partial charge in [-0.2, -0.15) is 9.90 Å². The number of rotatable bonds is 6. The molecule has 1 amide bonds. The number of nitrogens with zero attached hydrogens (tertiary/aromatic N) is 7. The van der Waals surface area contributed by atoms with Gasteiger partial charge in [0.15, 0.2) is 6.04 Å². The molecule has 3 rings (SSSR count). The zero-order valence-corrected chi connectivity index (χ0v) is 15.6. The molecular formula is C17H20ClN7O. The number of aryl methyl sites for hydroxylation is 1. The third-order valence-electron chi connectivity index (χ3n) is 4.04. The SMILES string of the molecule is CCC(C(=O)N(C)Cc1cnn(C)c1)n1nnc(-c2ccc(Cl)cc2)n1. The van der Waals surface area contributed by atoms with Crippen LogP contribution >= 0.6 is 11.6 Å². The van der Waals surface area contributed by atoms with Gasteiger partial charge >= 0.3 is 0 Å². The second kappa shape index (κ2) is 7.65. The van der Waals surface area contributed by atoms with Crippen molar-refractivity contribution in [3.8, 4) is 11.4 Å². The number of benzene rings is 1. The Hall–Kier alpha value is -2.74. The molecule has 3 aromatic rings. The van der Waals surface area contributed by atoms with Crippen molar-refractivity contribution in [2.75, 3.05) is 7.05 Å². The summed E-state index contributed by atoms with van der Waals surface area (Å²) >= 11 is 5.90. The van der Waals surface area contributed by atoms with E-state index < -0.39 is 6.04 Å². The lowest BCUT2D eigenvalue weighted by molar-refractivity contribution is -0.134. The molecule has 0 radical (unpaired) electrons. The average molecular weight is 374 g/mol. The molecule has 2 heterocycles. The van der Waals surface area contributed by atoms with Gasteiger partial charge in [0, 0.05) is 43.0 Å². The molecule has 2 aromatic heterocycles. The van der Waals surface area contributed by atoms with Gasteiger partial charge in [-0.25, -0.2) is 0 Å². The maximum atomic E-state index is 12.8. The standard InChI is InChI=1S/C17H20ClN7O/c1-4-15(17(26)23(2)10-12-9-19-24(3)11-12)25-21-16(20-22-25)13-5-7-14(18)8-6-13/h5-9,11,15H,4,10H2,1-3H3. The van der Waals surface area contributed by atoms with E-state index in [1.54, 1.807) is 35.0 Å². The number of hydrogen-bond donors (Lipinski definition) is 0. The number of carbonyl (C=O) groups excluding carboxylic acids is 1. The van der Waals surface area contributed by atoms with E-state index in [1.807, 2.05) is 32.3 Å². The smallest absolute Gasteiger partial charge is 0.249 e. The summed E-state index contributed by atoms with van der Waals surface area (Å²) in [4.78, 5) is 15.9. The maximum absolute atomic E-state index is 12.8. The van der Waals surface area contributed by atoms with Gasteiger partial charge in [0.1, 0.15) is 0 Å². The second-order valence-corrected chi connectivity index (χ2v) is 6.52. The molecule has 136 valence electrons. The fourth-order valence-corrected chi connectivity index (χ4v) is 2.79. The van der Waals surface area contributed by atoms with Gasteiger partial charge in [0.2, 0.25) is 11.7 Å². The summed E-state index contributed by atoms with van der Waals surface area (Å²) < 4.78 is 1.71. The summed E-state index contributed by atoms with van der Waals surface area (Å²) in [6.07, 6.45) is 4.20. The number of hydrogen-bond acceptors (Lipinski definition) is 5. The first-order valence-corrected chi connectivity index (χ1v) is 8.63. The summed E-state index contributed by atoms with van der Waals surface area (Å²) in [6, 6.07) is 6.66. The molecule has 0 saturated heterocycles. The summed E-state index contributed by atoms with van der Waals surface area (Å²) in [6.45, 7) is 2.40. The zero-order valence-electron chi connectivity index (χ0n) is 14.9. The Bertz CT molecular complexity index is 887. The Labute approximate surface area is 156 Å². The number of aromatic nitrogens is 6. The fourth-order valence-electron chi connectivity index (χ4n) is 2.67. The van der Waals surface area contributed by atoms with Gasteiger partial charge in [-0.1, -0.05) is 18.5 Å². The highest BCUT2D eigenvalue weighted by atomic mass is 35.5. The van der Waals surface area contributed by atoms with E-state index >= 15 is 0 Å². The molecule has 1 aromatic carbocycles. The van der Waals surface area contributed by atoms with Gasteiger partial charge in [-0.15, -0.1) is 10.2 Å². The van der Waals surface area contributed by atoms with Crippen molar-refractivity contribution in [3.05, 3.63) is 47.2 Å². The first-order valence-electron chi connectivity index (χ1n) is 8.26. The van der Waals surface area contributed by atoms with Crippen LogP contribution in [0.3, 0.4) is 0 Å². The molecule has 0 N–H and O–H groups in total. The van der Waals surface area contributed by atoms with Crippen molar-refractivity contribution < 1.29 is 4.79 Å². The monoisotopic (exact) mass is 373 g/mol. The van der Waals surface area contributed by atoms with E-state index in [1.165, 1.54) is 4.80 Å². The maximum Gasteiger partial charge on any atom is 0.249 e. The minimum Gasteiger partial charge on any atom is -0.339 e. The summed E-state index contributed by atoms with van der Waals surface area (Å²) in [5.41, 5.74) is 1.76. The van der Waals surface area contributed by atoms with Crippen molar-refractivity contribution in [1.29, 1.82) is 0 Å². The van der Waals surface area contributed by atoms with E-state index in [4.69, 9.17) is 11.6 Å². The quantitative estimate of drug-likeness (QED) is 0.662. The molecule has 0 spiro atoms. The molecule has 9 heteroatoms. The van der Waals surface area contributed by atoms with E-state index in [0.29, 0.717) is 23.8 Å². The first-order chi connectivity index (χ1) is 12.5. The van der Waals surface area contributed by atoms with Crippen molar-refractivity contribution in [2.24, 2.45) is 7.05 Å². The lowest BCUT2D eigenvalue weighted by Crippen LogP contribution is -2.34. The summed E-state index contributed by atoms with van der Waals surface area (Å²) in [7, 11) is 3.60.